The highest BCUT2D eigenvalue weighted by atomic mass is 32.2. The minimum atomic E-state index is -1.75. The molecule has 0 aliphatic heterocycles. The third kappa shape index (κ3) is 8.48. The van der Waals surface area contributed by atoms with Crippen molar-refractivity contribution in [2.45, 2.75) is 31.7 Å². The quantitative estimate of drug-likeness (QED) is 0.232. The lowest BCUT2D eigenvalue weighted by molar-refractivity contribution is 0.295. The number of hydrogen-bond donors (Lipinski definition) is 3. The second-order valence-electron chi connectivity index (χ2n) is 6.59. The van der Waals surface area contributed by atoms with Crippen LogP contribution in [0.25, 0.3) is 10.9 Å². The second-order valence-corrected chi connectivity index (χ2v) is 7.30. The van der Waals surface area contributed by atoms with Crippen LogP contribution in [0.3, 0.4) is 0 Å². The van der Waals surface area contributed by atoms with Gasteiger partial charge in [-0.15, -0.1) is 0 Å². The van der Waals surface area contributed by atoms with Crippen LogP contribution < -0.4 is 20.9 Å². The summed E-state index contributed by atoms with van der Waals surface area (Å²) >= 11 is 1.16. The average molecular weight is 481 g/mol. The molecule has 1 heterocycles. The molecular weight excluding hydrogens is 449 g/mol. The zero-order valence-electron chi connectivity index (χ0n) is 19.1. The fourth-order valence-electron chi connectivity index (χ4n) is 2.90. The number of nitrogen functional groups attached to an aromatic ring is 1. The van der Waals surface area contributed by atoms with E-state index >= 15 is 0 Å². The maximum Gasteiger partial charge on any atom is 0.229 e. The minimum absolute atomic E-state index is 0.246. The molecule has 0 amide bonds. The fraction of sp³-hybridized carbons (Fsp3) is 0.333. The molecule has 0 saturated carbocycles. The van der Waals surface area contributed by atoms with Gasteiger partial charge in [-0.2, -0.15) is 0 Å². The van der Waals surface area contributed by atoms with Gasteiger partial charge in [0.2, 0.25) is 6.93 Å². The molecule has 3 aromatic rings. The maximum atomic E-state index is 13.0. The lowest BCUT2D eigenvalue weighted by atomic mass is 10.2. The Bertz CT molecular complexity index is 1050. The normalized spacial score (nSPS) is 9.67. The van der Waals surface area contributed by atoms with Crippen LogP contribution in [0.2, 0.25) is 0 Å². The highest BCUT2D eigenvalue weighted by Crippen LogP contribution is 2.28. The standard InChI is InChI=1S/C20H21FN4OS.C3H8.CH2F2/c1-26-20-13-15(27-23)7-8-18(20)24-10-3-4-14-12-16-17(22)5-2-6-19(16)25(14)11-9-21;1-3-2;2-1-3/h2,5-8,12-13,24H,9-11,22-23H2,1H3;3H2,1-2H3;1H2. The molecule has 0 saturated heterocycles. The highest BCUT2D eigenvalue weighted by Gasteiger charge is 2.09. The van der Waals surface area contributed by atoms with E-state index in [1.807, 2.05) is 47.0 Å². The molecule has 5 N–H and O–H groups in total. The average Bonchev–Trinajstić information content (AvgIpc) is 3.17. The van der Waals surface area contributed by atoms with E-state index in [2.05, 4.69) is 31.0 Å². The van der Waals surface area contributed by atoms with Crippen LogP contribution in [0.5, 0.6) is 5.75 Å². The van der Waals surface area contributed by atoms with Crippen molar-refractivity contribution in [1.82, 2.24) is 4.57 Å². The summed E-state index contributed by atoms with van der Waals surface area (Å²) in [5, 5.41) is 9.69. The molecule has 0 aliphatic rings. The van der Waals surface area contributed by atoms with Gasteiger partial charge in [-0.3, -0.25) is 5.14 Å². The number of methoxy groups -OCH3 is 1. The third-order valence-electron chi connectivity index (χ3n) is 4.18. The molecule has 0 aliphatic carbocycles. The number of aromatic nitrogens is 1. The van der Waals surface area contributed by atoms with E-state index in [1.165, 1.54) is 6.42 Å². The van der Waals surface area contributed by atoms with E-state index in [1.54, 1.807) is 7.11 Å². The molecule has 0 atom stereocenters. The van der Waals surface area contributed by atoms with Gasteiger partial charge in [-0.05, 0) is 54.3 Å². The van der Waals surface area contributed by atoms with Crippen molar-refractivity contribution in [3.8, 4) is 17.6 Å². The first kappa shape index (κ1) is 28.1. The van der Waals surface area contributed by atoms with Gasteiger partial charge in [0.15, 0.2) is 0 Å². The molecule has 0 unspecified atom stereocenters. The van der Waals surface area contributed by atoms with Crippen LogP contribution in [0.1, 0.15) is 26.0 Å². The molecule has 0 bridgehead atoms. The largest absolute Gasteiger partial charge is 0.495 e. The first-order valence-corrected chi connectivity index (χ1v) is 11.2. The van der Waals surface area contributed by atoms with Crippen LogP contribution >= 0.6 is 11.9 Å². The summed E-state index contributed by atoms with van der Waals surface area (Å²) in [6.45, 7) is 2.70. The van der Waals surface area contributed by atoms with Crippen molar-refractivity contribution in [3.05, 3.63) is 48.2 Å². The van der Waals surface area contributed by atoms with Crippen LogP contribution in [0.15, 0.2) is 47.4 Å². The lowest BCUT2D eigenvalue weighted by Gasteiger charge is -2.10. The Labute approximate surface area is 197 Å². The number of rotatable bonds is 6. The molecule has 0 spiro atoms. The van der Waals surface area contributed by atoms with Gasteiger partial charge in [0.1, 0.15) is 12.4 Å². The zero-order chi connectivity index (χ0) is 24.6. The number of benzene rings is 2. The summed E-state index contributed by atoms with van der Waals surface area (Å²) in [5.74, 6) is 6.89. The first-order valence-electron chi connectivity index (χ1n) is 10.3. The Kier molecular flexibility index (Phi) is 13.4. The predicted molar refractivity (Wildman–Crippen MR) is 134 cm³/mol. The van der Waals surface area contributed by atoms with E-state index < -0.39 is 13.6 Å². The van der Waals surface area contributed by atoms with E-state index in [9.17, 15) is 13.2 Å². The Morgan fingerprint density at radius 1 is 1.12 bits per heavy atom. The van der Waals surface area contributed by atoms with Crippen molar-refractivity contribution in [3.63, 3.8) is 0 Å². The molecule has 5 nitrogen and oxygen atoms in total. The van der Waals surface area contributed by atoms with Crippen molar-refractivity contribution in [2.24, 2.45) is 5.14 Å². The second kappa shape index (κ2) is 15.8. The number of ether oxygens (including phenoxy) is 1. The zero-order valence-corrected chi connectivity index (χ0v) is 19.9. The topological polar surface area (TPSA) is 78.2 Å². The maximum absolute atomic E-state index is 13.0. The van der Waals surface area contributed by atoms with Crippen LogP contribution in [-0.4, -0.2) is 31.8 Å². The Morgan fingerprint density at radius 3 is 2.42 bits per heavy atom. The number of alkyl halides is 3. The van der Waals surface area contributed by atoms with E-state index in [-0.39, 0.29) is 6.54 Å². The number of halogens is 3. The predicted octanol–water partition coefficient (Wildman–Crippen LogP) is 5.93. The van der Waals surface area contributed by atoms with Crippen LogP contribution in [-0.2, 0) is 6.54 Å². The molecule has 9 heteroatoms. The molecule has 1 aromatic heterocycles. The molecule has 0 radical (unpaired) electrons. The minimum Gasteiger partial charge on any atom is -0.495 e. The van der Waals surface area contributed by atoms with Crippen LogP contribution in [0.4, 0.5) is 24.5 Å². The summed E-state index contributed by atoms with van der Waals surface area (Å²) in [5.41, 5.74) is 9.15. The summed E-state index contributed by atoms with van der Waals surface area (Å²) in [4.78, 5) is 0.914. The number of nitrogens with two attached hydrogens (primary N) is 2. The molecule has 2 aromatic carbocycles. The van der Waals surface area contributed by atoms with E-state index in [0.29, 0.717) is 18.0 Å². The number of fused-ring (bicyclic) bond motifs is 1. The van der Waals surface area contributed by atoms with Gasteiger partial charge in [-0.1, -0.05) is 32.3 Å². The summed E-state index contributed by atoms with van der Waals surface area (Å²) in [6, 6.07) is 13.2. The number of hydrogen-bond acceptors (Lipinski definition) is 5. The molecule has 3 rings (SSSR count). The summed E-state index contributed by atoms with van der Waals surface area (Å²) < 4.78 is 39.5. The Morgan fingerprint density at radius 2 is 1.82 bits per heavy atom. The number of nitrogens with zero attached hydrogens (tertiary/aromatic N) is 1. The first-order chi connectivity index (χ1) is 16.0. The van der Waals surface area contributed by atoms with Crippen molar-refractivity contribution in [1.29, 1.82) is 0 Å². The van der Waals surface area contributed by atoms with Gasteiger partial charge >= 0.3 is 0 Å². The molecule has 33 heavy (non-hydrogen) atoms. The van der Waals surface area contributed by atoms with Crippen molar-refractivity contribution in [2.75, 3.05) is 38.3 Å². The number of anilines is 2. The van der Waals surface area contributed by atoms with Crippen LogP contribution in [0, 0.1) is 11.8 Å². The third-order valence-corrected chi connectivity index (χ3v) is 4.71. The van der Waals surface area contributed by atoms with Gasteiger partial charge in [0, 0.05) is 16.0 Å². The van der Waals surface area contributed by atoms with Gasteiger partial charge < -0.3 is 20.4 Å². The number of nitrogens with one attached hydrogen (secondary N) is 1. The van der Waals surface area contributed by atoms with E-state index in [4.69, 9.17) is 15.6 Å². The fourth-order valence-corrected chi connectivity index (χ4v) is 3.22. The SMILES string of the molecule is CCC.COc1cc(SN)ccc1NCC#Cc1cc2c(N)cccc2n1CCF.FCF. The molecule has 0 fully saturated rings. The Balaban J connectivity index is 0.000000819. The lowest BCUT2D eigenvalue weighted by Crippen LogP contribution is -2.03. The molecular formula is C24H31F3N4OS. The number of aryl methyl sites for hydroxylation is 1. The smallest absolute Gasteiger partial charge is 0.229 e. The van der Waals surface area contributed by atoms with Crippen molar-refractivity contribution < 1.29 is 17.9 Å². The van der Waals surface area contributed by atoms with Gasteiger partial charge in [-0.25, -0.2) is 13.2 Å². The van der Waals surface area contributed by atoms with Gasteiger partial charge in [0.05, 0.1) is 37.1 Å². The Hall–Kier alpha value is -2.96. The van der Waals surface area contributed by atoms with Gasteiger partial charge in [0.25, 0.3) is 0 Å². The monoisotopic (exact) mass is 480 g/mol. The van der Waals surface area contributed by atoms with Crippen molar-refractivity contribution >= 4 is 34.2 Å². The van der Waals surface area contributed by atoms with E-state index in [0.717, 1.165) is 39.1 Å². The molecule has 180 valence electrons. The highest BCUT2D eigenvalue weighted by molar-refractivity contribution is 7.97. The summed E-state index contributed by atoms with van der Waals surface area (Å²) in [6.07, 6.45) is 1.25. The summed E-state index contributed by atoms with van der Waals surface area (Å²) in [7, 11) is 1.61.